The van der Waals surface area contributed by atoms with Crippen molar-refractivity contribution in [2.24, 2.45) is 5.41 Å². The number of methoxy groups -OCH3 is 1. The van der Waals surface area contributed by atoms with Gasteiger partial charge in [-0.15, -0.1) is 0 Å². The number of hydrogen-bond acceptors (Lipinski definition) is 4. The Hall–Kier alpha value is -1.92. The van der Waals surface area contributed by atoms with Gasteiger partial charge >= 0.3 is 5.97 Å². The van der Waals surface area contributed by atoms with Crippen LogP contribution in [0.2, 0.25) is 0 Å². The number of carbonyl (C=O) groups excluding carboxylic acids is 1. The van der Waals surface area contributed by atoms with Crippen LogP contribution in [0.3, 0.4) is 0 Å². The summed E-state index contributed by atoms with van der Waals surface area (Å²) in [6.07, 6.45) is 2.69. The van der Waals surface area contributed by atoms with E-state index in [0.29, 0.717) is 32.5 Å². The second-order valence-electron chi connectivity index (χ2n) is 6.73. The molecule has 2 rings (SSSR count). The van der Waals surface area contributed by atoms with E-state index in [2.05, 4.69) is 5.32 Å². The number of nitrogens with one attached hydrogen (secondary N) is 1. The molecule has 1 saturated heterocycles. The largest absolute Gasteiger partial charge is 0.481 e. The molecule has 0 saturated carbocycles. The number of carboxylic acids is 1. The fourth-order valence-corrected chi connectivity index (χ4v) is 3.40. The lowest BCUT2D eigenvalue weighted by molar-refractivity contribution is -0.154. The summed E-state index contributed by atoms with van der Waals surface area (Å²) in [5.41, 5.74) is 0.378. The Morgan fingerprint density at radius 1 is 1.32 bits per heavy atom. The second kappa shape index (κ2) is 9.53. The van der Waals surface area contributed by atoms with Crippen molar-refractivity contribution in [3.63, 3.8) is 0 Å². The van der Waals surface area contributed by atoms with Gasteiger partial charge in [0.2, 0.25) is 5.91 Å². The van der Waals surface area contributed by atoms with Gasteiger partial charge in [-0.05, 0) is 37.8 Å². The van der Waals surface area contributed by atoms with Crippen LogP contribution in [0, 0.1) is 5.41 Å². The van der Waals surface area contributed by atoms with Crippen LogP contribution in [0.5, 0.6) is 0 Å². The van der Waals surface area contributed by atoms with Crippen molar-refractivity contribution in [2.75, 3.05) is 39.9 Å². The Bertz CT molecular complexity index is 564. The molecule has 1 heterocycles. The van der Waals surface area contributed by atoms with Crippen molar-refractivity contribution in [1.82, 2.24) is 10.2 Å². The second-order valence-corrected chi connectivity index (χ2v) is 6.73. The zero-order valence-electron chi connectivity index (χ0n) is 14.9. The number of carbonyl (C=O) groups is 2. The number of benzene rings is 1. The van der Waals surface area contributed by atoms with Crippen molar-refractivity contribution < 1.29 is 19.4 Å². The van der Waals surface area contributed by atoms with Gasteiger partial charge in [0, 0.05) is 26.8 Å². The first-order chi connectivity index (χ1) is 12.1. The number of rotatable bonds is 9. The van der Waals surface area contributed by atoms with Crippen molar-refractivity contribution in [3.8, 4) is 0 Å². The van der Waals surface area contributed by atoms with Crippen LogP contribution in [0.15, 0.2) is 30.3 Å². The molecule has 1 aromatic rings. The molecule has 0 aliphatic carbocycles. The van der Waals surface area contributed by atoms with Gasteiger partial charge in [-0.25, -0.2) is 0 Å². The first-order valence-corrected chi connectivity index (χ1v) is 8.81. The van der Waals surface area contributed by atoms with Gasteiger partial charge in [-0.1, -0.05) is 30.3 Å². The highest BCUT2D eigenvalue weighted by molar-refractivity contribution is 5.78. The predicted octanol–water partition coefficient (Wildman–Crippen LogP) is 1.55. The first kappa shape index (κ1) is 19.4. The lowest BCUT2D eigenvalue weighted by Crippen LogP contribution is -2.51. The fraction of sp³-hybridized carbons (Fsp3) is 0.579. The Morgan fingerprint density at radius 2 is 2.08 bits per heavy atom. The minimum Gasteiger partial charge on any atom is -0.481 e. The van der Waals surface area contributed by atoms with Crippen LogP contribution in [0.4, 0.5) is 0 Å². The number of carboxylic acid groups (broad SMARTS) is 1. The molecular formula is C19H28N2O4. The summed E-state index contributed by atoms with van der Waals surface area (Å²) in [7, 11) is 1.58. The van der Waals surface area contributed by atoms with Crippen LogP contribution < -0.4 is 5.32 Å². The third-order valence-electron chi connectivity index (χ3n) is 4.84. The van der Waals surface area contributed by atoms with E-state index >= 15 is 0 Å². The smallest absolute Gasteiger partial charge is 0.311 e. The van der Waals surface area contributed by atoms with Gasteiger partial charge in [0.1, 0.15) is 0 Å². The van der Waals surface area contributed by atoms with Gasteiger partial charge in [-0.3, -0.25) is 14.5 Å². The minimum absolute atomic E-state index is 0.0520. The minimum atomic E-state index is -0.807. The molecule has 1 atom stereocenters. The van der Waals surface area contributed by atoms with E-state index in [1.54, 1.807) is 7.11 Å². The normalized spacial score (nSPS) is 21.0. The van der Waals surface area contributed by atoms with Crippen molar-refractivity contribution in [2.45, 2.75) is 25.7 Å². The topological polar surface area (TPSA) is 78.9 Å². The molecule has 0 aromatic heterocycles. The van der Waals surface area contributed by atoms with Crippen molar-refractivity contribution in [3.05, 3.63) is 35.9 Å². The highest BCUT2D eigenvalue weighted by Gasteiger charge is 2.42. The van der Waals surface area contributed by atoms with Crippen LogP contribution in [-0.4, -0.2) is 61.8 Å². The summed E-state index contributed by atoms with van der Waals surface area (Å²) < 4.78 is 5.07. The van der Waals surface area contributed by atoms with E-state index in [0.717, 1.165) is 19.4 Å². The van der Waals surface area contributed by atoms with Crippen LogP contribution >= 0.6 is 0 Å². The van der Waals surface area contributed by atoms with Crippen molar-refractivity contribution in [1.29, 1.82) is 0 Å². The highest BCUT2D eigenvalue weighted by atomic mass is 16.5. The van der Waals surface area contributed by atoms with E-state index in [1.807, 2.05) is 35.2 Å². The highest BCUT2D eigenvalue weighted by Crippen LogP contribution is 2.33. The molecular weight excluding hydrogens is 320 g/mol. The lowest BCUT2D eigenvalue weighted by atomic mass is 9.77. The molecule has 1 aliphatic rings. The van der Waals surface area contributed by atoms with Gasteiger partial charge in [0.25, 0.3) is 0 Å². The summed E-state index contributed by atoms with van der Waals surface area (Å²) >= 11 is 0. The Morgan fingerprint density at radius 3 is 2.76 bits per heavy atom. The molecule has 1 aliphatic heterocycles. The average molecular weight is 348 g/mol. The van der Waals surface area contributed by atoms with Gasteiger partial charge in [0.05, 0.1) is 12.0 Å². The number of hydrogen-bond donors (Lipinski definition) is 2. The van der Waals surface area contributed by atoms with Crippen LogP contribution in [0.25, 0.3) is 0 Å². The van der Waals surface area contributed by atoms with E-state index in [9.17, 15) is 14.7 Å². The van der Waals surface area contributed by atoms with E-state index in [4.69, 9.17) is 4.74 Å². The molecule has 1 amide bonds. The van der Waals surface area contributed by atoms with Crippen LogP contribution in [-0.2, 0) is 20.7 Å². The molecule has 1 fully saturated rings. The van der Waals surface area contributed by atoms with E-state index in [-0.39, 0.29) is 12.5 Å². The molecule has 138 valence electrons. The molecule has 0 radical (unpaired) electrons. The SMILES string of the molecule is COCC[C@]1(C(=O)O)CCCN(CC(=O)NCCc2ccccc2)C1. The molecule has 2 N–H and O–H groups in total. The summed E-state index contributed by atoms with van der Waals surface area (Å²) in [6.45, 7) is 2.41. The zero-order valence-corrected chi connectivity index (χ0v) is 14.9. The maximum absolute atomic E-state index is 12.2. The molecule has 1 aromatic carbocycles. The Labute approximate surface area is 149 Å². The maximum Gasteiger partial charge on any atom is 0.311 e. The van der Waals surface area contributed by atoms with Crippen molar-refractivity contribution >= 4 is 11.9 Å². The number of likely N-dealkylation sites (tertiary alicyclic amines) is 1. The molecule has 0 bridgehead atoms. The molecule has 6 heteroatoms. The molecule has 0 spiro atoms. The Balaban J connectivity index is 1.80. The third kappa shape index (κ3) is 5.83. The standard InChI is InChI=1S/C19H28N2O4/c1-25-13-10-19(18(23)24)9-5-12-21(15-19)14-17(22)20-11-8-16-6-3-2-4-7-16/h2-4,6-7H,5,8-15H2,1H3,(H,20,22)(H,23,24)/t19-/m1/s1. The third-order valence-corrected chi connectivity index (χ3v) is 4.84. The van der Waals surface area contributed by atoms with Crippen LogP contribution in [0.1, 0.15) is 24.8 Å². The molecule has 25 heavy (non-hydrogen) atoms. The summed E-state index contributed by atoms with van der Waals surface area (Å²) in [6, 6.07) is 10.0. The number of ether oxygens (including phenoxy) is 1. The number of piperidine rings is 1. The lowest BCUT2D eigenvalue weighted by Gasteiger charge is -2.39. The first-order valence-electron chi connectivity index (χ1n) is 8.81. The van der Waals surface area contributed by atoms with E-state index < -0.39 is 11.4 Å². The number of aliphatic carboxylic acids is 1. The molecule has 0 unspecified atom stereocenters. The summed E-state index contributed by atoms with van der Waals surface area (Å²) in [5, 5.41) is 12.6. The molecule has 6 nitrogen and oxygen atoms in total. The van der Waals surface area contributed by atoms with E-state index in [1.165, 1.54) is 5.56 Å². The van der Waals surface area contributed by atoms with Gasteiger partial charge in [0.15, 0.2) is 0 Å². The quantitative estimate of drug-likeness (QED) is 0.708. The zero-order chi connectivity index (χ0) is 18.1. The average Bonchev–Trinajstić information content (AvgIpc) is 2.61. The summed E-state index contributed by atoms with van der Waals surface area (Å²) in [5.74, 6) is -0.845. The number of nitrogens with zero attached hydrogens (tertiary/aromatic N) is 1. The Kier molecular flexibility index (Phi) is 7.40. The summed E-state index contributed by atoms with van der Waals surface area (Å²) in [4.78, 5) is 25.9. The fourth-order valence-electron chi connectivity index (χ4n) is 3.40. The monoisotopic (exact) mass is 348 g/mol. The maximum atomic E-state index is 12.2. The number of amides is 1. The van der Waals surface area contributed by atoms with Gasteiger partial charge in [-0.2, -0.15) is 0 Å². The predicted molar refractivity (Wildman–Crippen MR) is 95.4 cm³/mol. The van der Waals surface area contributed by atoms with Gasteiger partial charge < -0.3 is 15.2 Å².